The van der Waals surface area contributed by atoms with Gasteiger partial charge in [0, 0.05) is 5.75 Å². The minimum absolute atomic E-state index is 0.327. The molecule has 2 aromatic rings. The number of epoxide rings is 2. The zero-order chi connectivity index (χ0) is 11.9. The summed E-state index contributed by atoms with van der Waals surface area (Å²) in [5, 5.41) is 0.936. The van der Waals surface area contributed by atoms with Crippen LogP contribution >= 0.6 is 11.8 Å². The maximum absolute atomic E-state index is 5.23. The fourth-order valence-corrected chi connectivity index (χ4v) is 2.77. The van der Waals surface area contributed by atoms with Gasteiger partial charge in [-0.25, -0.2) is 15.0 Å². The molecule has 2 aliphatic heterocycles. The lowest BCUT2D eigenvalue weighted by molar-refractivity contribution is 0.384. The number of hydrogen-bond donors (Lipinski definition) is 0. The average Bonchev–Trinajstić information content (AvgIpc) is 3.28. The highest BCUT2D eigenvalue weighted by atomic mass is 32.2. The van der Waals surface area contributed by atoms with Crippen molar-refractivity contribution in [3.8, 4) is 0 Å². The molecule has 0 N–H and O–H groups in total. The van der Waals surface area contributed by atoms with E-state index in [9.17, 15) is 0 Å². The van der Waals surface area contributed by atoms with Crippen LogP contribution in [-0.2, 0) is 16.0 Å². The van der Waals surface area contributed by atoms with Crippen LogP contribution in [-0.4, -0.2) is 50.7 Å². The Labute approximate surface area is 108 Å². The molecule has 94 valence electrons. The molecule has 0 amide bonds. The Hall–Kier alpha value is -1.18. The van der Waals surface area contributed by atoms with E-state index in [2.05, 4.69) is 15.0 Å². The lowest BCUT2D eigenvalue weighted by Gasteiger charge is -2.01. The van der Waals surface area contributed by atoms with Crippen LogP contribution in [0.2, 0.25) is 0 Å². The third kappa shape index (κ3) is 2.09. The highest BCUT2D eigenvalue weighted by Crippen LogP contribution is 2.27. The molecular formula is C11H12N4O2S. The van der Waals surface area contributed by atoms with E-state index in [0.29, 0.717) is 12.2 Å². The zero-order valence-electron chi connectivity index (χ0n) is 9.65. The summed E-state index contributed by atoms with van der Waals surface area (Å²) in [5.41, 5.74) is 1.77. The Morgan fingerprint density at radius 1 is 1.22 bits per heavy atom. The number of thioether (sulfide) groups is 1. The Bertz CT molecular complexity index is 579. The van der Waals surface area contributed by atoms with Crippen molar-refractivity contribution in [3.63, 3.8) is 0 Å². The quantitative estimate of drug-likeness (QED) is 0.450. The van der Waals surface area contributed by atoms with Crippen LogP contribution in [0.25, 0.3) is 11.2 Å². The van der Waals surface area contributed by atoms with Gasteiger partial charge in [0.2, 0.25) is 0 Å². The van der Waals surface area contributed by atoms with Crippen molar-refractivity contribution >= 4 is 22.9 Å². The van der Waals surface area contributed by atoms with Crippen LogP contribution in [0.5, 0.6) is 0 Å². The van der Waals surface area contributed by atoms with Gasteiger partial charge in [-0.05, 0) is 0 Å². The SMILES string of the molecule is c1nc(SC[C@@H]2CO2)c2ncn(C[C@@H]3CO3)c2n1. The first-order valence-corrected chi connectivity index (χ1v) is 6.90. The van der Waals surface area contributed by atoms with E-state index >= 15 is 0 Å². The van der Waals surface area contributed by atoms with Crippen LogP contribution in [0.15, 0.2) is 17.7 Å². The molecule has 2 aromatic heterocycles. The number of ether oxygens (including phenoxy) is 2. The molecule has 0 saturated carbocycles. The summed E-state index contributed by atoms with van der Waals surface area (Å²) in [6, 6.07) is 0. The summed E-state index contributed by atoms with van der Waals surface area (Å²) in [4.78, 5) is 13.0. The smallest absolute Gasteiger partial charge is 0.164 e. The molecular weight excluding hydrogens is 252 g/mol. The molecule has 0 aliphatic carbocycles. The van der Waals surface area contributed by atoms with Gasteiger partial charge in [-0.15, -0.1) is 11.8 Å². The standard InChI is InChI=1S/C11H12N4O2S/c1(7-2-16-7)15-6-14-9-10(15)12-5-13-11(9)18-4-8-3-17-8/h5-8H,1-4H2/t7-,8+/m1/s1. The molecule has 0 bridgehead atoms. The first kappa shape index (κ1) is 10.7. The molecule has 2 aliphatic rings. The Kier molecular flexibility index (Phi) is 2.49. The Morgan fingerprint density at radius 2 is 2.06 bits per heavy atom. The van der Waals surface area contributed by atoms with E-state index in [4.69, 9.17) is 9.47 Å². The summed E-state index contributed by atoms with van der Waals surface area (Å²) in [5.74, 6) is 0.935. The van der Waals surface area contributed by atoms with Crippen molar-refractivity contribution in [3.05, 3.63) is 12.7 Å². The number of aromatic nitrogens is 4. The second kappa shape index (κ2) is 4.18. The molecule has 18 heavy (non-hydrogen) atoms. The van der Waals surface area contributed by atoms with E-state index in [1.54, 1.807) is 18.1 Å². The fourth-order valence-electron chi connectivity index (χ4n) is 1.83. The van der Waals surface area contributed by atoms with E-state index < -0.39 is 0 Å². The number of nitrogens with zero attached hydrogens (tertiary/aromatic N) is 4. The molecule has 2 atom stereocenters. The normalized spacial score (nSPS) is 25.6. The second-order valence-electron chi connectivity index (χ2n) is 4.47. The number of rotatable bonds is 5. The summed E-state index contributed by atoms with van der Waals surface area (Å²) in [7, 11) is 0. The molecule has 6 nitrogen and oxygen atoms in total. The molecule has 4 heterocycles. The van der Waals surface area contributed by atoms with Gasteiger partial charge in [0.25, 0.3) is 0 Å². The van der Waals surface area contributed by atoms with Crippen molar-refractivity contribution in [2.45, 2.75) is 23.8 Å². The molecule has 0 spiro atoms. The van der Waals surface area contributed by atoms with Crippen molar-refractivity contribution < 1.29 is 9.47 Å². The highest BCUT2D eigenvalue weighted by Gasteiger charge is 2.25. The van der Waals surface area contributed by atoms with Gasteiger partial charge in [0.15, 0.2) is 5.65 Å². The van der Waals surface area contributed by atoms with Crippen molar-refractivity contribution in [2.24, 2.45) is 0 Å². The minimum Gasteiger partial charge on any atom is -0.372 e. The topological polar surface area (TPSA) is 68.7 Å². The zero-order valence-corrected chi connectivity index (χ0v) is 10.5. The minimum atomic E-state index is 0.327. The van der Waals surface area contributed by atoms with Gasteiger partial charge in [-0.2, -0.15) is 0 Å². The monoisotopic (exact) mass is 264 g/mol. The van der Waals surface area contributed by atoms with Gasteiger partial charge in [-0.3, -0.25) is 0 Å². The van der Waals surface area contributed by atoms with Gasteiger partial charge in [0.05, 0.1) is 38.3 Å². The first-order chi connectivity index (χ1) is 8.90. The number of imidazole rings is 1. The molecule has 4 rings (SSSR count). The molecule has 2 fully saturated rings. The van der Waals surface area contributed by atoms with Crippen LogP contribution in [0.1, 0.15) is 0 Å². The van der Waals surface area contributed by atoms with Crippen molar-refractivity contribution in [1.29, 1.82) is 0 Å². The predicted molar refractivity (Wildman–Crippen MR) is 65.5 cm³/mol. The van der Waals surface area contributed by atoms with Crippen molar-refractivity contribution in [1.82, 2.24) is 19.5 Å². The Balaban J connectivity index is 1.62. The lowest BCUT2D eigenvalue weighted by Crippen LogP contribution is -2.03. The fraction of sp³-hybridized carbons (Fsp3) is 0.545. The maximum Gasteiger partial charge on any atom is 0.164 e. The molecule has 0 radical (unpaired) electrons. The molecule has 7 heteroatoms. The molecule has 0 aromatic carbocycles. The van der Waals surface area contributed by atoms with E-state index in [1.807, 2.05) is 10.9 Å². The lowest BCUT2D eigenvalue weighted by atomic mass is 10.4. The summed E-state index contributed by atoms with van der Waals surface area (Å²) >= 11 is 1.69. The van der Waals surface area contributed by atoms with Crippen LogP contribution in [0.3, 0.4) is 0 Å². The third-order valence-corrected chi connectivity index (χ3v) is 4.09. The third-order valence-electron chi connectivity index (χ3n) is 2.98. The largest absolute Gasteiger partial charge is 0.372 e. The average molecular weight is 264 g/mol. The van der Waals surface area contributed by atoms with Gasteiger partial charge in [-0.1, -0.05) is 0 Å². The number of hydrogen-bond acceptors (Lipinski definition) is 6. The number of fused-ring (bicyclic) bond motifs is 1. The first-order valence-electron chi connectivity index (χ1n) is 5.92. The second-order valence-corrected chi connectivity index (χ2v) is 5.48. The van der Waals surface area contributed by atoms with Gasteiger partial charge >= 0.3 is 0 Å². The van der Waals surface area contributed by atoms with Gasteiger partial charge < -0.3 is 14.0 Å². The Morgan fingerprint density at radius 3 is 2.83 bits per heavy atom. The summed E-state index contributed by atoms with van der Waals surface area (Å²) in [6.45, 7) is 2.53. The van der Waals surface area contributed by atoms with E-state index in [1.165, 1.54) is 0 Å². The van der Waals surface area contributed by atoms with Crippen LogP contribution in [0, 0.1) is 0 Å². The van der Waals surface area contributed by atoms with Crippen molar-refractivity contribution in [2.75, 3.05) is 19.0 Å². The maximum atomic E-state index is 5.23. The van der Waals surface area contributed by atoms with Crippen LogP contribution in [0.4, 0.5) is 0 Å². The summed E-state index contributed by atoms with van der Waals surface area (Å²) < 4.78 is 12.5. The van der Waals surface area contributed by atoms with Gasteiger partial charge in [0.1, 0.15) is 16.9 Å². The predicted octanol–water partition coefficient (Wildman–Crippen LogP) is 0.716. The highest BCUT2D eigenvalue weighted by molar-refractivity contribution is 7.99. The molecule has 2 saturated heterocycles. The molecule has 0 unspecified atom stereocenters. The summed E-state index contributed by atoms with van der Waals surface area (Å²) in [6.07, 6.45) is 4.14. The van der Waals surface area contributed by atoms with E-state index in [-0.39, 0.29) is 0 Å². The van der Waals surface area contributed by atoms with E-state index in [0.717, 1.165) is 41.7 Å². The van der Waals surface area contributed by atoms with Crippen LogP contribution < -0.4 is 0 Å².